The molecule has 3 aliphatic rings. The molecule has 2 bridgehead atoms. The van der Waals surface area contributed by atoms with Crippen LogP contribution in [-0.2, 0) is 28.3 Å². The van der Waals surface area contributed by atoms with Crippen molar-refractivity contribution in [1.82, 2.24) is 0 Å². The maximum absolute atomic E-state index is 14.9. The average molecular weight is 547 g/mol. The molecule has 0 unspecified atom stereocenters. The maximum Gasteiger partial charge on any atom is 0.335 e. The third kappa shape index (κ3) is 5.80. The molecular formula is C31H50O6Si. The largest absolute Gasteiger partial charge is 0.432 e. The second kappa shape index (κ2) is 10.4. The third-order valence-electron chi connectivity index (χ3n) is 9.97. The van der Waals surface area contributed by atoms with Crippen LogP contribution in [0.1, 0.15) is 88.0 Å². The lowest BCUT2D eigenvalue weighted by Crippen LogP contribution is -2.68. The van der Waals surface area contributed by atoms with Crippen molar-refractivity contribution < 1.29 is 28.3 Å². The highest BCUT2D eigenvalue weighted by Crippen LogP contribution is 2.62. The Balaban J connectivity index is 2.17. The van der Waals surface area contributed by atoms with E-state index in [1.807, 2.05) is 19.9 Å². The molecule has 0 spiro atoms. The minimum absolute atomic E-state index is 0.00675. The first-order chi connectivity index (χ1) is 17.3. The Morgan fingerprint density at radius 2 is 1.74 bits per heavy atom. The molecule has 0 radical (unpaired) electrons. The Morgan fingerprint density at radius 3 is 2.29 bits per heavy atom. The monoisotopic (exact) mass is 546 g/mol. The molecule has 38 heavy (non-hydrogen) atoms. The zero-order chi connectivity index (χ0) is 28.9. The number of allylic oxidation sites excluding steroid dienone is 2. The molecular weight excluding hydrogens is 496 g/mol. The van der Waals surface area contributed by atoms with E-state index >= 15 is 0 Å². The van der Waals surface area contributed by atoms with Gasteiger partial charge in [-0.15, -0.1) is 0 Å². The van der Waals surface area contributed by atoms with E-state index in [1.54, 1.807) is 6.92 Å². The van der Waals surface area contributed by atoms with Crippen molar-refractivity contribution in [2.45, 2.75) is 117 Å². The molecule has 0 amide bonds. The summed E-state index contributed by atoms with van der Waals surface area (Å²) in [5, 5.41) is -0.0940. The molecule has 0 aromatic rings. The summed E-state index contributed by atoms with van der Waals surface area (Å²) in [7, 11) is -2.40. The molecule has 1 heterocycles. The Bertz CT molecular complexity index is 1010. The van der Waals surface area contributed by atoms with Gasteiger partial charge in [-0.1, -0.05) is 33.3 Å². The van der Waals surface area contributed by atoms with Crippen molar-refractivity contribution in [2.75, 3.05) is 6.61 Å². The molecule has 2 saturated carbocycles. The lowest BCUT2D eigenvalue weighted by Gasteiger charge is -2.59. The van der Waals surface area contributed by atoms with Gasteiger partial charge in [0.1, 0.15) is 11.4 Å². The number of hydrogen-bond acceptors (Lipinski definition) is 6. The predicted octanol–water partition coefficient (Wildman–Crippen LogP) is 6.80. The molecule has 1 aliphatic heterocycles. The lowest BCUT2D eigenvalue weighted by molar-refractivity contribution is -0.225. The van der Waals surface area contributed by atoms with Gasteiger partial charge in [0.25, 0.3) is 0 Å². The standard InChI is InChI=1S/C31H50O6Si/c1-20(2)16-26(33)35-15-13-23-22(17-21(3)32)27(34)31(37-38(10,11)28(4,5)6)19-36-29(7,8)24-12-14-30(23,9)18-25(24)31/h13,15-16,22-25H,12,14,17-19H2,1-11H3/b15-13+/t22-,23-,24+,25-,30-,31-/m0/s1. The highest BCUT2D eigenvalue weighted by molar-refractivity contribution is 6.74. The van der Waals surface area contributed by atoms with Gasteiger partial charge in [-0.2, -0.15) is 0 Å². The quantitative estimate of drug-likeness (QED) is 0.151. The number of esters is 1. The number of carbonyl (C=O) groups excluding carboxylic acids is 3. The van der Waals surface area contributed by atoms with Gasteiger partial charge in [-0.3, -0.25) is 4.79 Å². The number of hydrogen-bond donors (Lipinski definition) is 0. The van der Waals surface area contributed by atoms with Gasteiger partial charge in [-0.05, 0) is 95.3 Å². The second-order valence-corrected chi connectivity index (χ2v) is 19.4. The summed E-state index contributed by atoms with van der Waals surface area (Å²) in [6, 6.07) is 0. The van der Waals surface area contributed by atoms with E-state index in [4.69, 9.17) is 13.9 Å². The lowest BCUT2D eigenvalue weighted by atomic mass is 9.55. The van der Waals surface area contributed by atoms with Crippen LogP contribution in [0, 0.1) is 29.1 Å². The van der Waals surface area contributed by atoms with Crippen molar-refractivity contribution in [2.24, 2.45) is 29.1 Å². The van der Waals surface area contributed by atoms with Gasteiger partial charge in [0.15, 0.2) is 14.1 Å². The fourth-order valence-electron chi connectivity index (χ4n) is 6.90. The summed E-state index contributed by atoms with van der Waals surface area (Å²) in [5.74, 6) is -1.15. The number of ether oxygens (including phenoxy) is 2. The zero-order valence-electron chi connectivity index (χ0n) is 25.5. The predicted molar refractivity (Wildman–Crippen MR) is 152 cm³/mol. The molecule has 3 rings (SSSR count). The van der Waals surface area contributed by atoms with Gasteiger partial charge in [-0.25, -0.2) is 4.79 Å². The third-order valence-corrected chi connectivity index (χ3v) is 14.5. The summed E-state index contributed by atoms with van der Waals surface area (Å²) in [5.41, 5.74) is -0.850. The number of rotatable bonds is 7. The van der Waals surface area contributed by atoms with Gasteiger partial charge in [0.05, 0.1) is 18.5 Å². The molecule has 0 aromatic carbocycles. The number of ketones is 2. The summed E-state index contributed by atoms with van der Waals surface area (Å²) >= 11 is 0. The molecule has 0 aromatic heterocycles. The molecule has 3 fully saturated rings. The minimum Gasteiger partial charge on any atom is -0.432 e. The van der Waals surface area contributed by atoms with Crippen LogP contribution in [0.25, 0.3) is 0 Å². The summed E-state index contributed by atoms with van der Waals surface area (Å²) in [6.45, 7) is 22.9. The van der Waals surface area contributed by atoms with Gasteiger partial charge in [0.2, 0.25) is 0 Å². The zero-order valence-corrected chi connectivity index (χ0v) is 26.5. The van der Waals surface area contributed by atoms with Crippen LogP contribution in [0.2, 0.25) is 18.1 Å². The molecule has 2 aliphatic carbocycles. The minimum atomic E-state index is -2.40. The first-order valence-electron chi connectivity index (χ1n) is 14.2. The van der Waals surface area contributed by atoms with E-state index < -0.39 is 25.8 Å². The van der Waals surface area contributed by atoms with Crippen molar-refractivity contribution >= 4 is 25.9 Å². The smallest absolute Gasteiger partial charge is 0.335 e. The SMILES string of the molecule is CC(=O)C[C@@H]1C(=O)[C@]2(O[Si](C)(C)C(C)(C)C)COC(C)(C)[C@@H]3CC[C@@](C)(C[C@@H]32)[C@H]1/C=C/OC(=O)C=C(C)C. The Morgan fingerprint density at radius 1 is 1.11 bits per heavy atom. The molecule has 6 nitrogen and oxygen atoms in total. The Hall–Kier alpha value is -1.57. The summed E-state index contributed by atoms with van der Waals surface area (Å²) in [4.78, 5) is 39.7. The highest BCUT2D eigenvalue weighted by Gasteiger charge is 2.67. The van der Waals surface area contributed by atoms with Crippen molar-refractivity contribution in [3.05, 3.63) is 24.0 Å². The first kappa shape index (κ1) is 31.0. The normalized spacial score (nSPS) is 35.0. The van der Waals surface area contributed by atoms with Gasteiger partial charge >= 0.3 is 5.97 Å². The van der Waals surface area contributed by atoms with E-state index in [9.17, 15) is 14.4 Å². The molecule has 1 saturated heterocycles. The molecule has 7 heteroatoms. The van der Waals surface area contributed by atoms with Crippen LogP contribution in [0.15, 0.2) is 24.0 Å². The molecule has 0 N–H and O–H groups in total. The van der Waals surface area contributed by atoms with E-state index in [0.29, 0.717) is 0 Å². The van der Waals surface area contributed by atoms with Crippen LogP contribution >= 0.6 is 0 Å². The average Bonchev–Trinajstić information content (AvgIpc) is 2.80. The fraction of sp³-hybridized carbons (Fsp3) is 0.774. The molecule has 214 valence electrons. The number of Topliss-reactive ketones (excluding diaryl/α,β-unsaturated/α-hetero) is 2. The summed E-state index contributed by atoms with van der Waals surface area (Å²) in [6.07, 6.45) is 7.49. The topological polar surface area (TPSA) is 78.9 Å². The van der Waals surface area contributed by atoms with Gasteiger partial charge < -0.3 is 18.7 Å². The van der Waals surface area contributed by atoms with Crippen molar-refractivity contribution in [3.8, 4) is 0 Å². The first-order valence-corrected chi connectivity index (χ1v) is 17.1. The number of carbonyl (C=O) groups is 3. The van der Waals surface area contributed by atoms with Crippen LogP contribution in [-0.4, -0.2) is 43.7 Å². The van der Waals surface area contributed by atoms with Crippen LogP contribution < -0.4 is 0 Å². The summed E-state index contributed by atoms with van der Waals surface area (Å²) < 4.78 is 19.1. The van der Waals surface area contributed by atoms with E-state index in [1.165, 1.54) is 12.3 Å². The van der Waals surface area contributed by atoms with E-state index in [2.05, 4.69) is 54.6 Å². The van der Waals surface area contributed by atoms with E-state index in [-0.39, 0.29) is 58.4 Å². The van der Waals surface area contributed by atoms with Crippen LogP contribution in [0.5, 0.6) is 0 Å². The van der Waals surface area contributed by atoms with Crippen molar-refractivity contribution in [1.29, 1.82) is 0 Å². The van der Waals surface area contributed by atoms with Crippen LogP contribution in [0.4, 0.5) is 0 Å². The Kier molecular flexibility index (Phi) is 8.50. The highest BCUT2D eigenvalue weighted by atomic mass is 28.4. The van der Waals surface area contributed by atoms with Crippen LogP contribution in [0.3, 0.4) is 0 Å². The molecule has 6 atom stereocenters. The van der Waals surface area contributed by atoms with E-state index in [0.717, 1.165) is 24.8 Å². The second-order valence-electron chi connectivity index (χ2n) is 14.6. The van der Waals surface area contributed by atoms with Crippen molar-refractivity contribution in [3.63, 3.8) is 0 Å². The number of fused-ring (bicyclic) bond motifs is 1. The maximum atomic E-state index is 14.9. The van der Waals surface area contributed by atoms with Gasteiger partial charge in [0, 0.05) is 24.3 Å². The fourth-order valence-corrected chi connectivity index (χ4v) is 8.43. The Labute approximate surface area is 231 Å².